The van der Waals surface area contributed by atoms with Crippen molar-refractivity contribution < 1.29 is 0 Å². The van der Waals surface area contributed by atoms with E-state index < -0.39 is 0 Å². The number of benzene rings is 1. The Morgan fingerprint density at radius 1 is 1.16 bits per heavy atom. The van der Waals surface area contributed by atoms with E-state index in [1.807, 2.05) is 6.20 Å². The van der Waals surface area contributed by atoms with Crippen molar-refractivity contribution in [1.82, 2.24) is 15.1 Å². The molecule has 3 nitrogen and oxygen atoms in total. The summed E-state index contributed by atoms with van der Waals surface area (Å²) in [4.78, 5) is 0. The maximum absolute atomic E-state index is 4.47. The number of rotatable bonds is 6. The molecule has 2 aromatic rings. The van der Waals surface area contributed by atoms with Gasteiger partial charge < -0.3 is 5.32 Å². The number of nitrogens with one attached hydrogen (secondary N) is 1. The molecule has 1 aromatic carbocycles. The molecule has 1 unspecified atom stereocenters. The molecule has 3 heteroatoms. The second kappa shape index (κ2) is 6.53. The van der Waals surface area contributed by atoms with Crippen LogP contribution in [0.4, 0.5) is 0 Å². The van der Waals surface area contributed by atoms with Crippen molar-refractivity contribution in [3.8, 4) is 0 Å². The van der Waals surface area contributed by atoms with Crippen LogP contribution in [0.2, 0.25) is 0 Å². The number of aromatic nitrogens is 2. The van der Waals surface area contributed by atoms with E-state index in [1.165, 1.54) is 11.1 Å². The summed E-state index contributed by atoms with van der Waals surface area (Å²) in [6.45, 7) is 8.46. The minimum Gasteiger partial charge on any atom is -0.314 e. The molecule has 0 aliphatic rings. The Morgan fingerprint density at radius 3 is 2.47 bits per heavy atom. The second-order valence-corrected chi connectivity index (χ2v) is 5.48. The van der Waals surface area contributed by atoms with Gasteiger partial charge in [-0.15, -0.1) is 0 Å². The molecule has 1 heterocycles. The topological polar surface area (TPSA) is 29.9 Å². The Bertz CT molecular complexity index is 488. The van der Waals surface area contributed by atoms with E-state index in [9.17, 15) is 0 Å². The first-order valence-corrected chi connectivity index (χ1v) is 6.93. The van der Waals surface area contributed by atoms with E-state index in [0.29, 0.717) is 5.92 Å². The van der Waals surface area contributed by atoms with Crippen molar-refractivity contribution >= 4 is 0 Å². The van der Waals surface area contributed by atoms with Gasteiger partial charge in [-0.25, -0.2) is 0 Å². The molecule has 102 valence electrons. The van der Waals surface area contributed by atoms with Crippen molar-refractivity contribution in [2.24, 2.45) is 5.92 Å². The Labute approximate surface area is 115 Å². The molecule has 0 bridgehead atoms. The monoisotopic (exact) mass is 257 g/mol. The van der Waals surface area contributed by atoms with Crippen LogP contribution in [0, 0.1) is 12.8 Å². The van der Waals surface area contributed by atoms with E-state index in [4.69, 9.17) is 0 Å². The molecule has 2 rings (SSSR count). The first kappa shape index (κ1) is 13.8. The van der Waals surface area contributed by atoms with Gasteiger partial charge in [0.1, 0.15) is 0 Å². The summed E-state index contributed by atoms with van der Waals surface area (Å²) in [6.07, 6.45) is 4.02. The van der Waals surface area contributed by atoms with Crippen LogP contribution in [0.15, 0.2) is 42.7 Å². The van der Waals surface area contributed by atoms with Gasteiger partial charge in [0.25, 0.3) is 0 Å². The zero-order chi connectivity index (χ0) is 13.7. The zero-order valence-corrected chi connectivity index (χ0v) is 12.0. The largest absolute Gasteiger partial charge is 0.314 e. The van der Waals surface area contributed by atoms with Crippen LogP contribution in [0.5, 0.6) is 0 Å². The van der Waals surface area contributed by atoms with Crippen LogP contribution in [-0.2, 0) is 0 Å². The number of aryl methyl sites for hydroxylation is 1. The van der Waals surface area contributed by atoms with Gasteiger partial charge >= 0.3 is 0 Å². The number of nitrogens with zero attached hydrogens (tertiary/aromatic N) is 2. The normalized spacial score (nSPS) is 12.8. The third-order valence-electron chi connectivity index (χ3n) is 3.12. The van der Waals surface area contributed by atoms with Crippen LogP contribution in [0.3, 0.4) is 0 Å². The lowest BCUT2D eigenvalue weighted by Gasteiger charge is -2.19. The van der Waals surface area contributed by atoms with Crippen molar-refractivity contribution in [3.05, 3.63) is 53.9 Å². The summed E-state index contributed by atoms with van der Waals surface area (Å²) in [5.41, 5.74) is 2.49. The van der Waals surface area contributed by atoms with Gasteiger partial charge in [0, 0.05) is 12.7 Å². The highest BCUT2D eigenvalue weighted by atomic mass is 15.3. The highest BCUT2D eigenvalue weighted by Gasteiger charge is 2.14. The van der Waals surface area contributed by atoms with Crippen molar-refractivity contribution in [2.45, 2.75) is 26.8 Å². The Balaban J connectivity index is 2.14. The summed E-state index contributed by atoms with van der Waals surface area (Å²) in [5.74, 6) is 0.663. The maximum Gasteiger partial charge on any atom is 0.0892 e. The van der Waals surface area contributed by atoms with Gasteiger partial charge in [0.15, 0.2) is 0 Å². The number of hydrogen-bond acceptors (Lipinski definition) is 2. The third-order valence-corrected chi connectivity index (χ3v) is 3.12. The zero-order valence-electron chi connectivity index (χ0n) is 12.0. The molecule has 0 aliphatic heterocycles. The SMILES string of the molecule is Cc1cnn(C(CNCC(C)C)c2ccccc2)c1. The van der Waals surface area contributed by atoms with Gasteiger partial charge in [-0.3, -0.25) is 4.68 Å². The fourth-order valence-corrected chi connectivity index (χ4v) is 2.15. The molecule has 0 saturated carbocycles. The van der Waals surface area contributed by atoms with E-state index in [0.717, 1.165) is 13.1 Å². The van der Waals surface area contributed by atoms with Gasteiger partial charge in [0.2, 0.25) is 0 Å². The fraction of sp³-hybridized carbons (Fsp3) is 0.438. The average Bonchev–Trinajstić information content (AvgIpc) is 2.82. The molecule has 19 heavy (non-hydrogen) atoms. The molecule has 1 N–H and O–H groups in total. The number of hydrogen-bond donors (Lipinski definition) is 1. The second-order valence-electron chi connectivity index (χ2n) is 5.48. The molecule has 0 radical (unpaired) electrons. The van der Waals surface area contributed by atoms with E-state index in [2.05, 4.69) is 72.4 Å². The lowest BCUT2D eigenvalue weighted by Crippen LogP contribution is -2.29. The lowest BCUT2D eigenvalue weighted by molar-refractivity contribution is 0.455. The van der Waals surface area contributed by atoms with E-state index in [1.54, 1.807) is 0 Å². The Hall–Kier alpha value is -1.61. The first-order valence-electron chi connectivity index (χ1n) is 6.93. The standard InChI is InChI=1S/C16H23N3/c1-13(2)9-17-11-16(15-7-5-4-6-8-15)19-12-14(3)10-18-19/h4-8,10,12-13,16-17H,9,11H2,1-3H3. The summed E-state index contributed by atoms with van der Waals surface area (Å²) in [7, 11) is 0. The molecule has 0 amide bonds. The van der Waals surface area contributed by atoms with Crippen LogP contribution < -0.4 is 5.32 Å². The third kappa shape index (κ3) is 3.93. The van der Waals surface area contributed by atoms with Crippen LogP contribution >= 0.6 is 0 Å². The average molecular weight is 257 g/mol. The van der Waals surface area contributed by atoms with E-state index >= 15 is 0 Å². The lowest BCUT2D eigenvalue weighted by atomic mass is 10.1. The summed E-state index contributed by atoms with van der Waals surface area (Å²) in [5, 5.41) is 8.00. The van der Waals surface area contributed by atoms with Gasteiger partial charge in [0.05, 0.1) is 12.2 Å². The fourth-order valence-electron chi connectivity index (χ4n) is 2.15. The highest BCUT2D eigenvalue weighted by Crippen LogP contribution is 2.17. The molecule has 0 aliphatic carbocycles. The summed E-state index contributed by atoms with van der Waals surface area (Å²) < 4.78 is 2.05. The molecule has 0 spiro atoms. The van der Waals surface area contributed by atoms with Gasteiger partial charge in [-0.2, -0.15) is 5.10 Å². The van der Waals surface area contributed by atoms with Crippen molar-refractivity contribution in [1.29, 1.82) is 0 Å². The molecular formula is C16H23N3. The predicted molar refractivity (Wildman–Crippen MR) is 79.3 cm³/mol. The highest BCUT2D eigenvalue weighted by molar-refractivity contribution is 5.20. The smallest absolute Gasteiger partial charge is 0.0892 e. The first-order chi connectivity index (χ1) is 9.16. The van der Waals surface area contributed by atoms with Crippen LogP contribution in [0.1, 0.15) is 31.0 Å². The van der Waals surface area contributed by atoms with Crippen LogP contribution in [0.25, 0.3) is 0 Å². The minimum atomic E-state index is 0.258. The maximum atomic E-state index is 4.47. The van der Waals surface area contributed by atoms with Crippen LogP contribution in [-0.4, -0.2) is 22.9 Å². The van der Waals surface area contributed by atoms with Gasteiger partial charge in [-0.1, -0.05) is 44.2 Å². The molecule has 1 atom stereocenters. The predicted octanol–water partition coefficient (Wildman–Crippen LogP) is 3.03. The quantitative estimate of drug-likeness (QED) is 0.862. The van der Waals surface area contributed by atoms with Crippen molar-refractivity contribution in [2.75, 3.05) is 13.1 Å². The molecule has 0 saturated heterocycles. The minimum absolute atomic E-state index is 0.258. The Kier molecular flexibility index (Phi) is 4.74. The summed E-state index contributed by atoms with van der Waals surface area (Å²) in [6, 6.07) is 10.8. The molecule has 1 aromatic heterocycles. The summed E-state index contributed by atoms with van der Waals surface area (Å²) >= 11 is 0. The van der Waals surface area contributed by atoms with Crippen molar-refractivity contribution in [3.63, 3.8) is 0 Å². The van der Waals surface area contributed by atoms with E-state index in [-0.39, 0.29) is 6.04 Å². The van der Waals surface area contributed by atoms with Gasteiger partial charge in [-0.05, 0) is 30.5 Å². The Morgan fingerprint density at radius 2 is 1.89 bits per heavy atom. The molecule has 0 fully saturated rings. The molecular weight excluding hydrogens is 234 g/mol.